The van der Waals surface area contributed by atoms with Gasteiger partial charge in [-0.3, -0.25) is 4.79 Å². The number of carbonyl (C=O) groups excluding carboxylic acids is 2. The largest absolute Gasteiger partial charge is 0.462 e. The number of fused-ring (bicyclic) bond motifs is 1. The number of aliphatic hydroxyl groups is 1. The van der Waals surface area contributed by atoms with Gasteiger partial charge >= 0.3 is 5.97 Å². The molecule has 30 heavy (non-hydrogen) atoms. The molecule has 4 unspecified atom stereocenters. The fraction of sp³-hybridized carbons (Fsp3) is 0.615. The zero-order valence-corrected chi connectivity index (χ0v) is 19.0. The first-order valence-electron chi connectivity index (χ1n) is 11.2. The molecule has 4 atom stereocenters. The van der Waals surface area contributed by atoms with Crippen molar-refractivity contribution >= 4 is 17.8 Å². The Kier molecular flexibility index (Phi) is 6.57. The molecule has 3 rings (SSSR count). The van der Waals surface area contributed by atoms with Gasteiger partial charge in [0, 0.05) is 18.4 Å². The van der Waals surface area contributed by atoms with Gasteiger partial charge in [0.1, 0.15) is 5.78 Å². The lowest BCUT2D eigenvalue weighted by Gasteiger charge is -2.56. The van der Waals surface area contributed by atoms with Crippen LogP contribution in [0.2, 0.25) is 0 Å². The standard InChI is InChI=1S/C26H36O4/c1-6-30-24(29)18-10-7-17(8-11-18)9-12-19-13-22-21(14-20(19)16-27)25(2,3)15-23(28)26(22,4)5/h7-12,19-22,27H,6,13-16H2,1-5H3/b12-9+. The predicted octanol–water partition coefficient (Wildman–Crippen LogP) is 5.15. The minimum absolute atomic E-state index is 0.0116. The van der Waals surface area contributed by atoms with Gasteiger partial charge in [0.05, 0.1) is 12.2 Å². The monoisotopic (exact) mass is 412 g/mol. The van der Waals surface area contributed by atoms with Gasteiger partial charge in [0.25, 0.3) is 0 Å². The summed E-state index contributed by atoms with van der Waals surface area (Å²) in [6.07, 6.45) is 6.79. The number of ether oxygens (including phenoxy) is 1. The summed E-state index contributed by atoms with van der Waals surface area (Å²) < 4.78 is 5.03. The first-order chi connectivity index (χ1) is 14.1. The van der Waals surface area contributed by atoms with Gasteiger partial charge in [-0.25, -0.2) is 4.79 Å². The lowest BCUT2D eigenvalue weighted by Crippen LogP contribution is -2.54. The maximum Gasteiger partial charge on any atom is 0.338 e. The van der Waals surface area contributed by atoms with Crippen LogP contribution in [0.3, 0.4) is 0 Å². The summed E-state index contributed by atoms with van der Waals surface area (Å²) >= 11 is 0. The summed E-state index contributed by atoms with van der Waals surface area (Å²) in [5, 5.41) is 10.1. The van der Waals surface area contributed by atoms with E-state index in [9.17, 15) is 14.7 Å². The van der Waals surface area contributed by atoms with Crippen molar-refractivity contribution in [2.45, 2.75) is 53.9 Å². The molecule has 2 aliphatic carbocycles. The highest BCUT2D eigenvalue weighted by Gasteiger charge is 2.55. The Morgan fingerprint density at radius 3 is 2.40 bits per heavy atom. The lowest BCUT2D eigenvalue weighted by molar-refractivity contribution is -0.149. The molecular weight excluding hydrogens is 376 g/mol. The number of rotatable bonds is 5. The number of esters is 1. The van der Waals surface area contributed by atoms with E-state index in [2.05, 4.69) is 39.8 Å². The van der Waals surface area contributed by atoms with Gasteiger partial charge < -0.3 is 9.84 Å². The molecule has 164 valence electrons. The molecule has 4 nitrogen and oxygen atoms in total. The van der Waals surface area contributed by atoms with Gasteiger partial charge in [-0.15, -0.1) is 0 Å². The smallest absolute Gasteiger partial charge is 0.338 e. The summed E-state index contributed by atoms with van der Waals surface area (Å²) in [5.74, 6) is 1.30. The zero-order chi connectivity index (χ0) is 22.1. The molecule has 0 amide bonds. The number of aliphatic hydroxyl groups excluding tert-OH is 1. The van der Waals surface area contributed by atoms with Crippen LogP contribution in [-0.4, -0.2) is 30.1 Å². The van der Waals surface area contributed by atoms with E-state index >= 15 is 0 Å². The maximum atomic E-state index is 12.9. The van der Waals surface area contributed by atoms with Crippen molar-refractivity contribution in [3.05, 3.63) is 41.5 Å². The summed E-state index contributed by atoms with van der Waals surface area (Å²) in [6.45, 7) is 11.0. The highest BCUT2D eigenvalue weighted by Crippen LogP contribution is 2.58. The molecule has 1 N–H and O–H groups in total. The second kappa shape index (κ2) is 8.66. The molecule has 1 aromatic rings. The fourth-order valence-corrected chi connectivity index (χ4v) is 5.58. The van der Waals surface area contributed by atoms with Crippen LogP contribution in [0.5, 0.6) is 0 Å². The van der Waals surface area contributed by atoms with Gasteiger partial charge in [0.15, 0.2) is 0 Å². The molecule has 2 aliphatic rings. The molecule has 1 aromatic carbocycles. The molecule has 2 saturated carbocycles. The van der Waals surface area contributed by atoms with Crippen LogP contribution < -0.4 is 0 Å². The topological polar surface area (TPSA) is 63.6 Å². The number of hydrogen-bond donors (Lipinski definition) is 1. The van der Waals surface area contributed by atoms with Gasteiger partial charge in [0.2, 0.25) is 0 Å². The maximum absolute atomic E-state index is 12.9. The average Bonchev–Trinajstić information content (AvgIpc) is 2.70. The molecule has 0 radical (unpaired) electrons. The summed E-state index contributed by atoms with van der Waals surface area (Å²) in [4.78, 5) is 24.7. The SMILES string of the molecule is CCOC(=O)c1ccc(/C=C/C2CC3C(CC2CO)C(C)(C)CC(=O)C3(C)C)cc1. The molecule has 0 aromatic heterocycles. The van der Waals surface area contributed by atoms with E-state index in [1.807, 2.05) is 12.1 Å². The zero-order valence-electron chi connectivity index (χ0n) is 19.0. The van der Waals surface area contributed by atoms with E-state index < -0.39 is 0 Å². The van der Waals surface area contributed by atoms with Crippen LogP contribution in [0.1, 0.15) is 69.8 Å². The van der Waals surface area contributed by atoms with Crippen LogP contribution >= 0.6 is 0 Å². The van der Waals surface area contributed by atoms with E-state index in [1.54, 1.807) is 19.1 Å². The highest BCUT2D eigenvalue weighted by molar-refractivity contribution is 5.89. The first kappa shape index (κ1) is 22.7. The van der Waals surface area contributed by atoms with Crippen molar-refractivity contribution in [1.29, 1.82) is 0 Å². The number of ketones is 1. The van der Waals surface area contributed by atoms with Crippen LogP contribution in [0.25, 0.3) is 6.08 Å². The number of benzene rings is 1. The normalized spacial score (nSPS) is 30.1. The third-order valence-electron chi connectivity index (χ3n) is 7.63. The highest BCUT2D eigenvalue weighted by atomic mass is 16.5. The van der Waals surface area contributed by atoms with Crippen molar-refractivity contribution in [3.8, 4) is 0 Å². The molecule has 2 fully saturated rings. The van der Waals surface area contributed by atoms with Crippen LogP contribution in [-0.2, 0) is 9.53 Å². The van der Waals surface area contributed by atoms with E-state index in [-0.39, 0.29) is 35.2 Å². The minimum atomic E-state index is -0.312. The molecule has 0 bridgehead atoms. The summed E-state index contributed by atoms with van der Waals surface area (Å²) in [6, 6.07) is 7.39. The van der Waals surface area contributed by atoms with Crippen LogP contribution in [0.4, 0.5) is 0 Å². The second-order valence-corrected chi connectivity index (χ2v) is 10.3. The molecule has 0 heterocycles. The predicted molar refractivity (Wildman–Crippen MR) is 119 cm³/mol. The molecule has 0 saturated heterocycles. The summed E-state index contributed by atoms with van der Waals surface area (Å²) in [7, 11) is 0. The van der Waals surface area contributed by atoms with Crippen molar-refractivity contribution in [2.75, 3.05) is 13.2 Å². The van der Waals surface area contributed by atoms with Crippen molar-refractivity contribution in [1.82, 2.24) is 0 Å². The quantitative estimate of drug-likeness (QED) is 0.679. The van der Waals surface area contributed by atoms with E-state index in [0.29, 0.717) is 36.2 Å². The molecule has 0 spiro atoms. The third-order valence-corrected chi connectivity index (χ3v) is 7.63. The average molecular weight is 413 g/mol. The summed E-state index contributed by atoms with van der Waals surface area (Å²) in [5.41, 5.74) is 1.24. The van der Waals surface area contributed by atoms with Crippen molar-refractivity contribution < 1.29 is 19.4 Å². The molecule has 0 aliphatic heterocycles. The van der Waals surface area contributed by atoms with Gasteiger partial charge in [-0.2, -0.15) is 0 Å². The Balaban J connectivity index is 1.79. The van der Waals surface area contributed by atoms with E-state index in [1.165, 1.54) is 0 Å². The van der Waals surface area contributed by atoms with Gasteiger partial charge in [-0.05, 0) is 66.5 Å². The Hall–Kier alpha value is -1.94. The fourth-order valence-electron chi connectivity index (χ4n) is 5.58. The number of allylic oxidation sites excluding steroid dienone is 1. The third kappa shape index (κ3) is 4.39. The second-order valence-electron chi connectivity index (χ2n) is 10.3. The van der Waals surface area contributed by atoms with Crippen LogP contribution in [0.15, 0.2) is 30.3 Å². The Morgan fingerprint density at radius 2 is 1.80 bits per heavy atom. The van der Waals surface area contributed by atoms with E-state index in [0.717, 1.165) is 18.4 Å². The first-order valence-corrected chi connectivity index (χ1v) is 11.2. The Morgan fingerprint density at radius 1 is 1.13 bits per heavy atom. The number of hydrogen-bond acceptors (Lipinski definition) is 4. The minimum Gasteiger partial charge on any atom is -0.462 e. The van der Waals surface area contributed by atoms with Gasteiger partial charge in [-0.1, -0.05) is 52.0 Å². The molecule has 4 heteroatoms. The Bertz CT molecular complexity index is 803. The number of carbonyl (C=O) groups is 2. The Labute approximate surface area is 180 Å². The molecular formula is C26H36O4. The van der Waals surface area contributed by atoms with Crippen molar-refractivity contribution in [3.63, 3.8) is 0 Å². The van der Waals surface area contributed by atoms with Crippen LogP contribution in [0, 0.1) is 34.5 Å². The lowest BCUT2D eigenvalue weighted by atomic mass is 9.48. The van der Waals surface area contributed by atoms with E-state index in [4.69, 9.17) is 4.74 Å². The van der Waals surface area contributed by atoms with Crippen molar-refractivity contribution in [2.24, 2.45) is 34.5 Å². The number of Topliss-reactive ketones (excluding diaryl/α,β-unsaturated/α-hetero) is 1.